The van der Waals surface area contributed by atoms with E-state index in [4.69, 9.17) is 4.74 Å². The average Bonchev–Trinajstić information content (AvgIpc) is 2.75. The summed E-state index contributed by atoms with van der Waals surface area (Å²) in [6.07, 6.45) is -0.215. The topological polar surface area (TPSA) is 101 Å². The number of nitrogens with zero attached hydrogens (tertiary/aromatic N) is 3. The zero-order valence-corrected chi connectivity index (χ0v) is 17.3. The number of phenolic OH excluding ortho intramolecular Hbond substituents is 1. The van der Waals surface area contributed by atoms with Gasteiger partial charge in [-0.15, -0.1) is 0 Å². The van der Waals surface area contributed by atoms with E-state index in [-0.39, 0.29) is 22.9 Å². The Hall–Kier alpha value is -3.88. The Morgan fingerprint density at radius 3 is 2.68 bits per heavy atom. The summed E-state index contributed by atoms with van der Waals surface area (Å²) in [7, 11) is 1.45. The smallest absolute Gasteiger partial charge is 0.260 e. The lowest BCUT2D eigenvalue weighted by atomic mass is 10.1. The first-order valence-electron chi connectivity index (χ1n) is 9.77. The highest BCUT2D eigenvalue weighted by atomic mass is 19.1. The molecule has 0 fully saturated rings. The van der Waals surface area contributed by atoms with Gasteiger partial charge in [0.2, 0.25) is 11.9 Å². The van der Waals surface area contributed by atoms with Gasteiger partial charge in [-0.05, 0) is 49.7 Å². The van der Waals surface area contributed by atoms with Crippen LogP contribution in [0.5, 0.6) is 11.5 Å². The van der Waals surface area contributed by atoms with E-state index in [0.717, 1.165) is 0 Å². The molecule has 0 aliphatic carbocycles. The number of aliphatic imine (C=N–C) groups is 1. The van der Waals surface area contributed by atoms with Gasteiger partial charge in [-0.3, -0.25) is 14.7 Å². The monoisotopic (exact) mass is 423 g/mol. The summed E-state index contributed by atoms with van der Waals surface area (Å²) in [5.74, 6) is 0.581. The average molecular weight is 423 g/mol. The molecule has 1 atom stereocenters. The highest BCUT2D eigenvalue weighted by Crippen LogP contribution is 2.33. The van der Waals surface area contributed by atoms with Gasteiger partial charge in [-0.1, -0.05) is 13.0 Å². The van der Waals surface area contributed by atoms with Gasteiger partial charge in [0, 0.05) is 22.5 Å². The van der Waals surface area contributed by atoms with E-state index in [1.54, 1.807) is 31.2 Å². The van der Waals surface area contributed by atoms with Crippen LogP contribution in [0.1, 0.15) is 29.9 Å². The number of halogens is 1. The number of benzene rings is 2. The number of fused-ring (bicyclic) bond motifs is 1. The maximum absolute atomic E-state index is 13.3. The van der Waals surface area contributed by atoms with Crippen molar-refractivity contribution in [3.63, 3.8) is 0 Å². The molecule has 0 bridgehead atoms. The molecule has 1 aliphatic rings. The van der Waals surface area contributed by atoms with Crippen LogP contribution in [0, 0.1) is 12.7 Å². The van der Waals surface area contributed by atoms with Crippen LogP contribution in [-0.2, 0) is 6.42 Å². The number of hydrogen-bond acceptors (Lipinski definition) is 7. The Balaban J connectivity index is 1.85. The number of hydrogen-bond donors (Lipinski definition) is 3. The Bertz CT molecular complexity index is 1220. The maximum Gasteiger partial charge on any atom is 0.260 e. The van der Waals surface area contributed by atoms with E-state index in [1.807, 2.05) is 6.92 Å². The molecule has 3 aromatic rings. The maximum atomic E-state index is 13.3. The number of aromatic nitrogens is 2. The minimum Gasteiger partial charge on any atom is -0.504 e. The van der Waals surface area contributed by atoms with Crippen molar-refractivity contribution in [3.05, 3.63) is 75.5 Å². The molecule has 0 unspecified atom stereocenters. The second-order valence-electron chi connectivity index (χ2n) is 7.07. The van der Waals surface area contributed by atoms with Gasteiger partial charge < -0.3 is 15.2 Å². The number of phenols is 1. The van der Waals surface area contributed by atoms with Gasteiger partial charge >= 0.3 is 0 Å². The normalized spacial score (nSPS) is 15.0. The van der Waals surface area contributed by atoms with Crippen molar-refractivity contribution in [1.29, 1.82) is 0 Å². The molecule has 8 nitrogen and oxygen atoms in total. The number of methoxy groups -OCH3 is 1. The molecule has 2 heterocycles. The molecule has 160 valence electrons. The third-order valence-corrected chi connectivity index (χ3v) is 5.10. The lowest BCUT2D eigenvalue weighted by molar-refractivity contribution is 0.372. The molecular weight excluding hydrogens is 401 g/mol. The van der Waals surface area contributed by atoms with Crippen molar-refractivity contribution < 1.29 is 14.2 Å². The Kier molecular flexibility index (Phi) is 5.33. The minimum absolute atomic E-state index is 0.0160. The third kappa shape index (κ3) is 3.81. The third-order valence-electron chi connectivity index (χ3n) is 5.10. The summed E-state index contributed by atoms with van der Waals surface area (Å²) >= 11 is 0. The Morgan fingerprint density at radius 1 is 1.26 bits per heavy atom. The van der Waals surface area contributed by atoms with Crippen LogP contribution in [0.25, 0.3) is 0 Å². The fourth-order valence-corrected chi connectivity index (χ4v) is 3.53. The number of ether oxygens (including phenoxy) is 1. The van der Waals surface area contributed by atoms with E-state index in [9.17, 15) is 14.3 Å². The summed E-state index contributed by atoms with van der Waals surface area (Å²) in [4.78, 5) is 22.5. The Morgan fingerprint density at radius 2 is 2.00 bits per heavy atom. The van der Waals surface area contributed by atoms with E-state index < -0.39 is 6.17 Å². The molecule has 2 aromatic carbocycles. The fraction of sp³-hybridized carbons (Fsp3) is 0.227. The van der Waals surface area contributed by atoms with Crippen LogP contribution < -0.4 is 20.9 Å². The second-order valence-corrected chi connectivity index (χ2v) is 7.07. The SMILES string of the molecule is CCc1c(C)nc2n(c1=O)[C@@H](c1ccc(O)c(OC)c1)N=C(Nc1ccc(F)cc1)N2. The van der Waals surface area contributed by atoms with E-state index in [1.165, 1.54) is 29.9 Å². The molecule has 1 aliphatic heterocycles. The van der Waals surface area contributed by atoms with Crippen molar-refractivity contribution in [2.45, 2.75) is 26.4 Å². The number of aryl methyl sites for hydroxylation is 1. The van der Waals surface area contributed by atoms with Gasteiger partial charge in [-0.2, -0.15) is 0 Å². The van der Waals surface area contributed by atoms with Crippen molar-refractivity contribution in [2.24, 2.45) is 4.99 Å². The quantitative estimate of drug-likeness (QED) is 0.595. The summed E-state index contributed by atoms with van der Waals surface area (Å²) in [6.45, 7) is 3.69. The van der Waals surface area contributed by atoms with Crippen LogP contribution >= 0.6 is 0 Å². The zero-order valence-electron chi connectivity index (χ0n) is 17.3. The molecule has 0 amide bonds. The summed E-state index contributed by atoms with van der Waals surface area (Å²) < 4.78 is 20.0. The van der Waals surface area contributed by atoms with Crippen molar-refractivity contribution in [2.75, 3.05) is 17.7 Å². The van der Waals surface area contributed by atoms with Gasteiger partial charge in [0.15, 0.2) is 17.7 Å². The number of anilines is 2. The molecule has 3 N–H and O–H groups in total. The fourth-order valence-electron chi connectivity index (χ4n) is 3.53. The van der Waals surface area contributed by atoms with Gasteiger partial charge in [0.25, 0.3) is 5.56 Å². The van der Waals surface area contributed by atoms with E-state index >= 15 is 0 Å². The predicted octanol–water partition coefficient (Wildman–Crippen LogP) is 3.41. The molecule has 31 heavy (non-hydrogen) atoms. The summed E-state index contributed by atoms with van der Waals surface area (Å²) in [5, 5.41) is 16.1. The lowest BCUT2D eigenvalue weighted by Crippen LogP contribution is -2.39. The largest absolute Gasteiger partial charge is 0.504 e. The molecule has 9 heteroatoms. The van der Waals surface area contributed by atoms with Crippen molar-refractivity contribution >= 4 is 17.6 Å². The highest BCUT2D eigenvalue weighted by molar-refractivity contribution is 6.03. The predicted molar refractivity (Wildman–Crippen MR) is 116 cm³/mol. The Labute approximate surface area is 178 Å². The standard InChI is InChI=1S/C22H22FN5O3/c1-4-16-12(2)24-22-27-21(25-15-8-6-14(23)7-9-15)26-19(28(22)20(16)30)13-5-10-17(29)18(11-13)31-3/h5-11,19,29H,4H2,1-3H3,(H2,24,25,26,27)/t19-/m0/s1. The minimum atomic E-state index is -0.750. The van der Waals surface area contributed by atoms with Crippen LogP contribution in [0.4, 0.5) is 16.0 Å². The number of guanidine groups is 1. The van der Waals surface area contributed by atoms with Crippen LogP contribution in [0.3, 0.4) is 0 Å². The highest BCUT2D eigenvalue weighted by Gasteiger charge is 2.27. The molecule has 0 radical (unpaired) electrons. The van der Waals surface area contributed by atoms with Crippen LogP contribution in [0.2, 0.25) is 0 Å². The van der Waals surface area contributed by atoms with Gasteiger partial charge in [0.05, 0.1) is 7.11 Å². The molecular formula is C22H22FN5O3. The summed E-state index contributed by atoms with van der Waals surface area (Å²) in [6, 6.07) is 10.6. The molecule has 0 saturated heterocycles. The molecule has 0 saturated carbocycles. The molecule has 4 rings (SSSR count). The van der Waals surface area contributed by atoms with E-state index in [0.29, 0.717) is 40.8 Å². The number of aromatic hydroxyl groups is 1. The lowest BCUT2D eigenvalue weighted by Gasteiger charge is -2.28. The first kappa shape index (κ1) is 20.4. The zero-order chi connectivity index (χ0) is 22.1. The van der Waals surface area contributed by atoms with Crippen molar-refractivity contribution in [3.8, 4) is 11.5 Å². The van der Waals surface area contributed by atoms with Crippen molar-refractivity contribution in [1.82, 2.24) is 9.55 Å². The van der Waals surface area contributed by atoms with Crippen LogP contribution in [-0.4, -0.2) is 27.7 Å². The number of nitrogens with one attached hydrogen (secondary N) is 2. The van der Waals surface area contributed by atoms with Gasteiger partial charge in [0.1, 0.15) is 5.82 Å². The summed E-state index contributed by atoms with van der Waals surface area (Å²) in [5.41, 5.74) is 2.29. The number of rotatable bonds is 4. The molecule has 0 spiro atoms. The van der Waals surface area contributed by atoms with E-state index in [2.05, 4.69) is 20.6 Å². The van der Waals surface area contributed by atoms with Crippen LogP contribution in [0.15, 0.2) is 52.3 Å². The first-order chi connectivity index (χ1) is 14.9. The van der Waals surface area contributed by atoms with Gasteiger partial charge in [-0.25, -0.2) is 14.4 Å². The molecule has 1 aromatic heterocycles. The first-order valence-corrected chi connectivity index (χ1v) is 9.77. The second kappa shape index (κ2) is 8.10.